The van der Waals surface area contributed by atoms with E-state index in [1.54, 1.807) is 12.1 Å². The number of benzene rings is 1. The van der Waals surface area contributed by atoms with Crippen molar-refractivity contribution in [3.63, 3.8) is 0 Å². The van der Waals surface area contributed by atoms with Crippen LogP contribution in [0.1, 0.15) is 24.0 Å². The van der Waals surface area contributed by atoms with E-state index in [4.69, 9.17) is 0 Å². The zero-order valence-corrected chi connectivity index (χ0v) is 15.7. The summed E-state index contributed by atoms with van der Waals surface area (Å²) in [6.07, 6.45) is 8.13. The van der Waals surface area contributed by atoms with Gasteiger partial charge in [-0.25, -0.2) is 4.39 Å². The fourth-order valence-corrected chi connectivity index (χ4v) is 3.62. The van der Waals surface area contributed by atoms with Crippen molar-refractivity contribution in [2.24, 2.45) is 18.0 Å². The van der Waals surface area contributed by atoms with E-state index in [2.05, 4.69) is 26.5 Å². The number of likely N-dealkylation sites (tertiary alicyclic amines) is 1. The fourth-order valence-electron chi connectivity index (χ4n) is 3.62. The summed E-state index contributed by atoms with van der Waals surface area (Å²) in [5, 5.41) is 7.70. The van der Waals surface area contributed by atoms with Gasteiger partial charge in [0.1, 0.15) is 5.82 Å². The zero-order chi connectivity index (χ0) is 18.4. The summed E-state index contributed by atoms with van der Waals surface area (Å²) in [5.41, 5.74) is 2.34. The third-order valence-electron chi connectivity index (χ3n) is 4.89. The number of aromatic nitrogens is 2. The van der Waals surface area contributed by atoms with Gasteiger partial charge in [-0.15, -0.1) is 0 Å². The average Bonchev–Trinajstić information content (AvgIpc) is 3.24. The number of nitrogens with zero attached hydrogens (tertiary/aromatic N) is 4. The fraction of sp³-hybridized carbons (Fsp3) is 0.500. The number of hydrogen-bond acceptors (Lipinski definition) is 2. The summed E-state index contributed by atoms with van der Waals surface area (Å²) in [6, 6.07) is 6.84. The largest absolute Gasteiger partial charge is 0.356 e. The lowest BCUT2D eigenvalue weighted by Crippen LogP contribution is -2.40. The van der Waals surface area contributed by atoms with Crippen LogP contribution in [0.2, 0.25) is 0 Å². The number of aryl methyl sites for hydroxylation is 2. The van der Waals surface area contributed by atoms with Gasteiger partial charge in [-0.1, -0.05) is 12.1 Å². The second-order valence-corrected chi connectivity index (χ2v) is 7.03. The molecule has 1 atom stereocenters. The van der Waals surface area contributed by atoms with Crippen molar-refractivity contribution in [3.8, 4) is 0 Å². The predicted octanol–water partition coefficient (Wildman–Crippen LogP) is 2.63. The Morgan fingerprint density at radius 2 is 2.27 bits per heavy atom. The summed E-state index contributed by atoms with van der Waals surface area (Å²) in [6.45, 7) is 2.90. The van der Waals surface area contributed by atoms with Crippen LogP contribution in [0.3, 0.4) is 0 Å². The lowest BCUT2D eigenvalue weighted by Gasteiger charge is -2.21. The van der Waals surface area contributed by atoms with Crippen LogP contribution in [0.5, 0.6) is 0 Å². The Labute approximate surface area is 154 Å². The van der Waals surface area contributed by atoms with Crippen molar-refractivity contribution in [2.45, 2.75) is 25.7 Å². The molecule has 5 nitrogen and oxygen atoms in total. The molecular weight excluding hydrogens is 329 g/mol. The number of guanidine groups is 1. The Hall–Kier alpha value is -2.37. The van der Waals surface area contributed by atoms with Gasteiger partial charge >= 0.3 is 0 Å². The molecule has 1 fully saturated rings. The van der Waals surface area contributed by atoms with Gasteiger partial charge in [0, 0.05) is 39.9 Å². The maximum atomic E-state index is 13.2. The average molecular weight is 357 g/mol. The number of aliphatic imine (C=N–C) groups is 1. The third-order valence-corrected chi connectivity index (χ3v) is 4.89. The topological polar surface area (TPSA) is 45.5 Å². The SMILES string of the molecule is CN=C(NCCCc1cccc(F)c1)N1CCC(Cc2cnn(C)c2)C1. The van der Waals surface area contributed by atoms with Crippen LogP contribution >= 0.6 is 0 Å². The van der Waals surface area contributed by atoms with E-state index >= 15 is 0 Å². The quantitative estimate of drug-likeness (QED) is 0.491. The second kappa shape index (κ2) is 8.83. The molecule has 1 aromatic carbocycles. The van der Waals surface area contributed by atoms with Crippen LogP contribution in [0, 0.1) is 11.7 Å². The maximum Gasteiger partial charge on any atom is 0.193 e. The molecule has 26 heavy (non-hydrogen) atoms. The van der Waals surface area contributed by atoms with Gasteiger partial charge in [-0.2, -0.15) is 5.10 Å². The highest BCUT2D eigenvalue weighted by Crippen LogP contribution is 2.20. The molecule has 0 spiro atoms. The first-order valence-corrected chi connectivity index (χ1v) is 9.31. The molecule has 6 heteroatoms. The van der Waals surface area contributed by atoms with Crippen molar-refractivity contribution in [3.05, 3.63) is 53.6 Å². The predicted molar refractivity (Wildman–Crippen MR) is 103 cm³/mol. The molecule has 0 saturated carbocycles. The molecule has 1 aliphatic rings. The van der Waals surface area contributed by atoms with E-state index in [1.807, 2.05) is 31.0 Å². The highest BCUT2D eigenvalue weighted by molar-refractivity contribution is 5.80. The highest BCUT2D eigenvalue weighted by Gasteiger charge is 2.25. The van der Waals surface area contributed by atoms with E-state index in [-0.39, 0.29) is 5.82 Å². The summed E-state index contributed by atoms with van der Waals surface area (Å²) >= 11 is 0. The van der Waals surface area contributed by atoms with Gasteiger partial charge < -0.3 is 10.2 Å². The van der Waals surface area contributed by atoms with Gasteiger partial charge in [0.05, 0.1) is 6.20 Å². The van der Waals surface area contributed by atoms with Crippen LogP contribution in [0.15, 0.2) is 41.7 Å². The van der Waals surface area contributed by atoms with Crippen LogP contribution < -0.4 is 5.32 Å². The van der Waals surface area contributed by atoms with E-state index in [9.17, 15) is 4.39 Å². The summed E-state index contributed by atoms with van der Waals surface area (Å²) in [4.78, 5) is 6.77. The third kappa shape index (κ3) is 5.07. The molecule has 0 bridgehead atoms. The minimum absolute atomic E-state index is 0.164. The Kier molecular flexibility index (Phi) is 6.26. The first-order chi connectivity index (χ1) is 12.6. The van der Waals surface area contributed by atoms with Crippen molar-refractivity contribution < 1.29 is 4.39 Å². The molecule has 1 aliphatic heterocycles. The number of rotatable bonds is 6. The van der Waals surface area contributed by atoms with E-state index < -0.39 is 0 Å². The standard InChI is InChI=1S/C20H28FN5/c1-22-20(23-9-4-6-16-5-3-7-19(21)12-16)26-10-8-17(15-26)11-18-13-24-25(2)14-18/h3,5,7,12-14,17H,4,6,8-11,15H2,1-2H3,(H,22,23). The van der Waals surface area contributed by atoms with Gasteiger partial charge in [0.25, 0.3) is 0 Å². The molecule has 140 valence electrons. The molecule has 1 saturated heterocycles. The minimum atomic E-state index is -0.164. The van der Waals surface area contributed by atoms with Crippen LogP contribution in [-0.2, 0) is 19.9 Å². The van der Waals surface area contributed by atoms with Crippen molar-refractivity contribution in [1.29, 1.82) is 0 Å². The molecule has 1 unspecified atom stereocenters. The summed E-state index contributed by atoms with van der Waals surface area (Å²) in [5.74, 6) is 1.45. The zero-order valence-electron chi connectivity index (χ0n) is 15.7. The highest BCUT2D eigenvalue weighted by atomic mass is 19.1. The Balaban J connectivity index is 1.41. The Bertz CT molecular complexity index is 739. The van der Waals surface area contributed by atoms with Crippen molar-refractivity contribution in [1.82, 2.24) is 20.0 Å². The number of halogens is 1. The Morgan fingerprint density at radius 3 is 3.00 bits per heavy atom. The molecule has 0 amide bonds. The molecule has 3 rings (SSSR count). The molecule has 0 radical (unpaired) electrons. The lowest BCUT2D eigenvalue weighted by atomic mass is 10.0. The van der Waals surface area contributed by atoms with E-state index in [1.165, 1.54) is 18.1 Å². The van der Waals surface area contributed by atoms with Crippen LogP contribution in [0.4, 0.5) is 4.39 Å². The van der Waals surface area contributed by atoms with Crippen LogP contribution in [0.25, 0.3) is 0 Å². The molecule has 2 aromatic rings. The normalized spacial score (nSPS) is 17.7. The van der Waals surface area contributed by atoms with Crippen molar-refractivity contribution in [2.75, 3.05) is 26.7 Å². The second-order valence-electron chi connectivity index (χ2n) is 7.03. The van der Waals surface area contributed by atoms with E-state index in [0.717, 1.165) is 50.4 Å². The first-order valence-electron chi connectivity index (χ1n) is 9.31. The van der Waals surface area contributed by atoms with Gasteiger partial charge in [0.2, 0.25) is 0 Å². The minimum Gasteiger partial charge on any atom is -0.356 e. The maximum absolute atomic E-state index is 13.2. The van der Waals surface area contributed by atoms with E-state index in [0.29, 0.717) is 5.92 Å². The first kappa shape index (κ1) is 18.4. The Morgan fingerprint density at radius 1 is 1.38 bits per heavy atom. The number of hydrogen-bond donors (Lipinski definition) is 1. The molecule has 1 aromatic heterocycles. The molecular formula is C20H28FN5. The smallest absolute Gasteiger partial charge is 0.193 e. The van der Waals surface area contributed by atoms with Gasteiger partial charge in [0.15, 0.2) is 5.96 Å². The molecule has 1 N–H and O–H groups in total. The molecule has 0 aliphatic carbocycles. The lowest BCUT2D eigenvalue weighted by molar-refractivity contribution is 0.459. The summed E-state index contributed by atoms with van der Waals surface area (Å²) in [7, 11) is 3.80. The molecule has 2 heterocycles. The summed E-state index contributed by atoms with van der Waals surface area (Å²) < 4.78 is 15.1. The van der Waals surface area contributed by atoms with Gasteiger partial charge in [-0.05, 0) is 54.9 Å². The van der Waals surface area contributed by atoms with Gasteiger partial charge in [-0.3, -0.25) is 9.67 Å². The van der Waals surface area contributed by atoms with Crippen molar-refractivity contribution >= 4 is 5.96 Å². The monoisotopic (exact) mass is 357 g/mol. The van der Waals surface area contributed by atoms with Crippen LogP contribution in [-0.4, -0.2) is 47.3 Å². The number of nitrogens with one attached hydrogen (secondary N) is 1.